The Balaban J connectivity index is 0.000000139. The first kappa shape index (κ1) is 14.5. The van der Waals surface area contributed by atoms with Crippen LogP contribution in [-0.2, 0) is 0 Å². The molecule has 0 fully saturated rings. The van der Waals surface area contributed by atoms with E-state index in [0.717, 1.165) is 0 Å². The second-order valence-corrected chi connectivity index (χ2v) is 5.64. The topological polar surface area (TPSA) is 49.9 Å². The van der Waals surface area contributed by atoms with Gasteiger partial charge in [-0.1, -0.05) is 46.3 Å². The van der Waals surface area contributed by atoms with E-state index in [1.165, 1.54) is 23.1 Å². The fourth-order valence-electron chi connectivity index (χ4n) is 2.30. The number of hydrogen-bond donors (Lipinski definition) is 1. The number of para-hydroxylation sites is 1. The number of fused-ring (bicyclic) bond motifs is 2. The zero-order chi connectivity index (χ0) is 15.5. The van der Waals surface area contributed by atoms with E-state index in [2.05, 4.69) is 39.1 Å². The lowest BCUT2D eigenvalue weighted by molar-refractivity contribution is 0.0993. The van der Waals surface area contributed by atoms with Crippen LogP contribution in [0.3, 0.4) is 0 Å². The van der Waals surface area contributed by atoms with Crippen molar-refractivity contribution < 1.29 is 9.59 Å². The van der Waals surface area contributed by atoms with Gasteiger partial charge in [0.2, 0.25) is 0 Å². The number of halogens is 1. The number of benzene rings is 2. The van der Waals surface area contributed by atoms with Gasteiger partial charge in [-0.2, -0.15) is 0 Å². The molecule has 1 heterocycles. The second kappa shape index (κ2) is 6.12. The Morgan fingerprint density at radius 2 is 1.59 bits per heavy atom. The Hall–Kier alpha value is -2.46. The molecular weight excluding hydrogens is 342 g/mol. The SMILES string of the molecule is O=C1C=CC(=O)c2c(Br)cccc21.c1ccc2[nH]ccc2c1. The average Bonchev–Trinajstić information content (AvgIpc) is 3.00. The van der Waals surface area contributed by atoms with Crippen LogP contribution >= 0.6 is 15.9 Å². The Morgan fingerprint density at radius 3 is 2.36 bits per heavy atom. The molecule has 0 aliphatic heterocycles. The summed E-state index contributed by atoms with van der Waals surface area (Å²) in [5.41, 5.74) is 2.15. The molecule has 0 spiro atoms. The van der Waals surface area contributed by atoms with E-state index in [1.54, 1.807) is 18.2 Å². The Bertz CT molecular complexity index is 863. The van der Waals surface area contributed by atoms with E-state index in [-0.39, 0.29) is 11.6 Å². The first-order valence-electron chi connectivity index (χ1n) is 6.74. The van der Waals surface area contributed by atoms with E-state index in [9.17, 15) is 9.59 Å². The molecule has 3 nitrogen and oxygen atoms in total. The largest absolute Gasteiger partial charge is 0.361 e. The van der Waals surface area contributed by atoms with Gasteiger partial charge in [-0.15, -0.1) is 0 Å². The van der Waals surface area contributed by atoms with Crippen LogP contribution in [0.2, 0.25) is 0 Å². The summed E-state index contributed by atoms with van der Waals surface area (Å²) in [6.45, 7) is 0. The molecular formula is C18H12BrNO2. The number of H-pyrrole nitrogens is 1. The van der Waals surface area contributed by atoms with Crippen LogP contribution in [0.25, 0.3) is 10.9 Å². The van der Waals surface area contributed by atoms with Crippen LogP contribution in [0.1, 0.15) is 20.7 Å². The molecule has 0 amide bonds. The van der Waals surface area contributed by atoms with Crippen molar-refractivity contribution in [2.75, 3.05) is 0 Å². The number of hydrogen-bond acceptors (Lipinski definition) is 2. The van der Waals surface area contributed by atoms with Gasteiger partial charge in [0, 0.05) is 27.3 Å². The lowest BCUT2D eigenvalue weighted by Crippen LogP contribution is -2.11. The first-order chi connectivity index (χ1) is 10.7. The molecule has 4 heteroatoms. The summed E-state index contributed by atoms with van der Waals surface area (Å²) >= 11 is 3.24. The molecule has 2 aromatic carbocycles. The quantitative estimate of drug-likeness (QED) is 0.644. The van der Waals surface area contributed by atoms with Crippen LogP contribution in [0, 0.1) is 0 Å². The van der Waals surface area contributed by atoms with Crippen molar-refractivity contribution in [2.24, 2.45) is 0 Å². The maximum Gasteiger partial charge on any atom is 0.187 e. The van der Waals surface area contributed by atoms with E-state index < -0.39 is 0 Å². The summed E-state index contributed by atoms with van der Waals surface area (Å²) in [5.74, 6) is -0.238. The summed E-state index contributed by atoms with van der Waals surface area (Å²) in [4.78, 5) is 25.8. The predicted octanol–water partition coefficient (Wildman–Crippen LogP) is 4.55. The third-order valence-electron chi connectivity index (χ3n) is 3.37. The van der Waals surface area contributed by atoms with Gasteiger partial charge in [0.25, 0.3) is 0 Å². The molecule has 0 radical (unpaired) electrons. The summed E-state index contributed by atoms with van der Waals surface area (Å²) in [5, 5.41) is 1.28. The number of allylic oxidation sites excluding steroid dienone is 2. The van der Waals surface area contributed by atoms with Crippen LogP contribution in [0.4, 0.5) is 0 Å². The molecule has 1 aromatic heterocycles. The number of nitrogens with one attached hydrogen (secondary N) is 1. The van der Waals surface area contributed by atoms with Crippen molar-refractivity contribution in [2.45, 2.75) is 0 Å². The maximum atomic E-state index is 11.4. The minimum atomic E-state index is -0.123. The number of carbonyl (C=O) groups excluding carboxylic acids is 2. The van der Waals surface area contributed by atoms with E-state index >= 15 is 0 Å². The predicted molar refractivity (Wildman–Crippen MR) is 90.2 cm³/mol. The van der Waals surface area contributed by atoms with Gasteiger partial charge in [0.15, 0.2) is 11.6 Å². The Kier molecular flexibility index (Phi) is 4.02. The molecule has 22 heavy (non-hydrogen) atoms. The third kappa shape index (κ3) is 2.78. The molecule has 0 bridgehead atoms. The Morgan fingerprint density at radius 1 is 0.818 bits per heavy atom. The van der Waals surface area contributed by atoms with Gasteiger partial charge in [-0.3, -0.25) is 9.59 Å². The monoisotopic (exact) mass is 353 g/mol. The van der Waals surface area contributed by atoms with Crippen LogP contribution in [0.15, 0.2) is 71.4 Å². The van der Waals surface area contributed by atoms with Crippen LogP contribution in [0.5, 0.6) is 0 Å². The van der Waals surface area contributed by atoms with Crippen LogP contribution < -0.4 is 0 Å². The van der Waals surface area contributed by atoms with Crippen molar-refractivity contribution in [3.8, 4) is 0 Å². The van der Waals surface area contributed by atoms with Gasteiger partial charge in [0.05, 0.1) is 0 Å². The molecule has 108 valence electrons. The number of ketones is 2. The van der Waals surface area contributed by atoms with E-state index in [1.807, 2.05) is 18.3 Å². The summed E-state index contributed by atoms with van der Waals surface area (Å²) in [6, 6.07) is 15.4. The Labute approximate surface area is 135 Å². The molecule has 0 saturated heterocycles. The third-order valence-corrected chi connectivity index (χ3v) is 4.03. The molecule has 0 saturated carbocycles. The van der Waals surface area contributed by atoms with E-state index in [4.69, 9.17) is 0 Å². The number of aromatic amines is 1. The molecule has 1 aliphatic rings. The van der Waals surface area contributed by atoms with Crippen LogP contribution in [-0.4, -0.2) is 16.6 Å². The highest BCUT2D eigenvalue weighted by Gasteiger charge is 2.20. The normalized spacial score (nSPS) is 12.8. The number of rotatable bonds is 0. The molecule has 0 atom stereocenters. The van der Waals surface area contributed by atoms with Crippen molar-refractivity contribution in [3.63, 3.8) is 0 Å². The molecule has 4 rings (SSSR count). The van der Waals surface area contributed by atoms with Gasteiger partial charge in [0.1, 0.15) is 0 Å². The summed E-state index contributed by atoms with van der Waals surface area (Å²) in [6.07, 6.45) is 4.55. The minimum Gasteiger partial charge on any atom is -0.361 e. The van der Waals surface area contributed by atoms with E-state index in [0.29, 0.717) is 15.6 Å². The summed E-state index contributed by atoms with van der Waals surface area (Å²) in [7, 11) is 0. The van der Waals surface area contributed by atoms with Crippen molar-refractivity contribution in [1.82, 2.24) is 4.98 Å². The lowest BCUT2D eigenvalue weighted by Gasteiger charge is -2.09. The van der Waals surface area contributed by atoms with Gasteiger partial charge < -0.3 is 4.98 Å². The van der Waals surface area contributed by atoms with Gasteiger partial charge >= 0.3 is 0 Å². The highest BCUT2D eigenvalue weighted by molar-refractivity contribution is 9.10. The smallest absolute Gasteiger partial charge is 0.187 e. The van der Waals surface area contributed by atoms with Crippen molar-refractivity contribution >= 4 is 38.4 Å². The summed E-state index contributed by atoms with van der Waals surface area (Å²) < 4.78 is 0.674. The van der Waals surface area contributed by atoms with Gasteiger partial charge in [-0.25, -0.2) is 0 Å². The van der Waals surface area contributed by atoms with Crippen molar-refractivity contribution in [1.29, 1.82) is 0 Å². The lowest BCUT2D eigenvalue weighted by atomic mass is 9.95. The second-order valence-electron chi connectivity index (χ2n) is 4.79. The highest BCUT2D eigenvalue weighted by Crippen LogP contribution is 2.24. The maximum absolute atomic E-state index is 11.4. The number of aromatic nitrogens is 1. The first-order valence-corrected chi connectivity index (χ1v) is 7.53. The van der Waals surface area contributed by atoms with Crippen molar-refractivity contribution in [3.05, 3.63) is 82.5 Å². The standard InChI is InChI=1S/C10H5BrO2.C8H7N/c11-7-3-1-2-6-8(12)4-5-9(13)10(6)7;1-2-4-8-7(3-1)5-6-9-8/h1-5H;1-6,9H. The fourth-order valence-corrected chi connectivity index (χ4v) is 2.86. The molecule has 1 aliphatic carbocycles. The zero-order valence-corrected chi connectivity index (χ0v) is 13.1. The average molecular weight is 354 g/mol. The number of carbonyl (C=O) groups is 2. The molecule has 3 aromatic rings. The van der Waals surface area contributed by atoms with Gasteiger partial charge in [-0.05, 0) is 35.7 Å². The molecule has 1 N–H and O–H groups in total. The minimum absolute atomic E-state index is 0.115. The molecule has 0 unspecified atom stereocenters. The fraction of sp³-hybridized carbons (Fsp3) is 0. The highest BCUT2D eigenvalue weighted by atomic mass is 79.9. The zero-order valence-electron chi connectivity index (χ0n) is 11.5.